The van der Waals surface area contributed by atoms with Crippen LogP contribution in [0.15, 0.2) is 84.9 Å². The van der Waals surface area contributed by atoms with Crippen LogP contribution in [0.1, 0.15) is 11.1 Å². The molecule has 0 unspecified atom stereocenters. The molecule has 3 aromatic carbocycles. The molecule has 0 radical (unpaired) electrons. The molecule has 30 heavy (non-hydrogen) atoms. The maximum atomic E-state index is 4.46. The Bertz CT molecular complexity index is 1130. The maximum absolute atomic E-state index is 4.46. The molecule has 8 heteroatoms. The average molecular weight is 394 g/mol. The third-order valence-electron chi connectivity index (χ3n) is 4.64. The fourth-order valence-electron chi connectivity index (χ4n) is 3.10. The monoisotopic (exact) mass is 394 g/mol. The quantitative estimate of drug-likeness (QED) is 0.440. The van der Waals surface area contributed by atoms with Crippen molar-refractivity contribution in [2.45, 2.75) is 13.1 Å². The molecular formula is C22H18N8. The van der Waals surface area contributed by atoms with Crippen LogP contribution in [0.2, 0.25) is 0 Å². The van der Waals surface area contributed by atoms with Crippen molar-refractivity contribution in [1.29, 1.82) is 0 Å². The molecule has 0 atom stereocenters. The second-order valence-electron chi connectivity index (χ2n) is 6.84. The van der Waals surface area contributed by atoms with E-state index in [0.717, 1.165) is 22.3 Å². The van der Waals surface area contributed by atoms with Crippen LogP contribution in [0.5, 0.6) is 0 Å². The molecule has 0 aliphatic rings. The number of rotatable bonds is 6. The van der Waals surface area contributed by atoms with Gasteiger partial charge in [0, 0.05) is 11.1 Å². The molecule has 0 bridgehead atoms. The van der Waals surface area contributed by atoms with Gasteiger partial charge in [0.05, 0.1) is 13.1 Å². The van der Waals surface area contributed by atoms with E-state index in [1.54, 1.807) is 9.59 Å². The zero-order valence-electron chi connectivity index (χ0n) is 16.1. The molecule has 0 fully saturated rings. The molecule has 5 rings (SSSR count). The molecule has 0 aliphatic heterocycles. The molecule has 8 nitrogen and oxygen atoms in total. The molecular weight excluding hydrogens is 376 g/mol. The average Bonchev–Trinajstić information content (AvgIpc) is 3.46. The van der Waals surface area contributed by atoms with Gasteiger partial charge in [-0.15, -0.1) is 20.4 Å². The van der Waals surface area contributed by atoms with E-state index in [9.17, 15) is 0 Å². The van der Waals surface area contributed by atoms with Gasteiger partial charge < -0.3 is 0 Å². The third-order valence-corrected chi connectivity index (χ3v) is 4.64. The largest absolute Gasteiger partial charge is 0.204 e. The van der Waals surface area contributed by atoms with E-state index < -0.39 is 0 Å². The number of benzene rings is 3. The van der Waals surface area contributed by atoms with Crippen molar-refractivity contribution >= 4 is 0 Å². The lowest BCUT2D eigenvalue weighted by Gasteiger charge is -2.03. The molecule has 0 N–H and O–H groups in total. The second-order valence-corrected chi connectivity index (χ2v) is 6.84. The van der Waals surface area contributed by atoms with Gasteiger partial charge in [0.2, 0.25) is 11.6 Å². The Morgan fingerprint density at radius 2 is 0.900 bits per heavy atom. The normalized spacial score (nSPS) is 10.9. The number of hydrogen-bond donors (Lipinski definition) is 0. The lowest BCUT2D eigenvalue weighted by molar-refractivity contribution is 0.568. The minimum atomic E-state index is 0.555. The Labute approximate surface area is 172 Å². The summed E-state index contributed by atoms with van der Waals surface area (Å²) >= 11 is 0. The van der Waals surface area contributed by atoms with E-state index >= 15 is 0 Å². The van der Waals surface area contributed by atoms with E-state index in [4.69, 9.17) is 0 Å². The topological polar surface area (TPSA) is 87.2 Å². The molecule has 0 aliphatic carbocycles. The summed E-state index contributed by atoms with van der Waals surface area (Å²) in [5.74, 6) is 1.25. The highest BCUT2D eigenvalue weighted by Gasteiger charge is 2.08. The van der Waals surface area contributed by atoms with Crippen LogP contribution in [0.4, 0.5) is 0 Å². The van der Waals surface area contributed by atoms with E-state index in [1.807, 2.05) is 60.7 Å². The summed E-state index contributed by atoms with van der Waals surface area (Å²) in [7, 11) is 0. The fourth-order valence-corrected chi connectivity index (χ4v) is 3.10. The van der Waals surface area contributed by atoms with Crippen LogP contribution in [0, 0.1) is 0 Å². The Morgan fingerprint density at radius 1 is 0.500 bits per heavy atom. The van der Waals surface area contributed by atoms with Crippen molar-refractivity contribution < 1.29 is 0 Å². The number of nitrogens with zero attached hydrogens (tertiary/aromatic N) is 8. The van der Waals surface area contributed by atoms with Crippen LogP contribution in [0.25, 0.3) is 22.8 Å². The SMILES string of the molecule is c1ccc(-c2nnn(Cc3ccc(Cn4nnc(-c5ccccc5)n4)cc3)n2)cc1. The summed E-state index contributed by atoms with van der Waals surface area (Å²) in [4.78, 5) is 3.20. The molecule has 0 saturated heterocycles. The van der Waals surface area contributed by atoms with E-state index in [1.165, 1.54) is 0 Å². The molecule has 5 aromatic rings. The first-order valence-corrected chi connectivity index (χ1v) is 9.58. The molecule has 0 spiro atoms. The van der Waals surface area contributed by atoms with Crippen molar-refractivity contribution in [2.75, 3.05) is 0 Å². The van der Waals surface area contributed by atoms with Gasteiger partial charge in [-0.3, -0.25) is 0 Å². The van der Waals surface area contributed by atoms with Crippen molar-refractivity contribution in [3.05, 3.63) is 96.1 Å². The van der Waals surface area contributed by atoms with Crippen LogP contribution >= 0.6 is 0 Å². The third kappa shape index (κ3) is 3.97. The molecule has 0 saturated carbocycles. The van der Waals surface area contributed by atoms with Gasteiger partial charge in [-0.2, -0.15) is 9.59 Å². The highest BCUT2D eigenvalue weighted by Crippen LogP contribution is 2.14. The van der Waals surface area contributed by atoms with Gasteiger partial charge in [-0.1, -0.05) is 84.9 Å². The lowest BCUT2D eigenvalue weighted by Crippen LogP contribution is -2.06. The smallest absolute Gasteiger partial charge is 0.159 e. The van der Waals surface area contributed by atoms with Crippen molar-refractivity contribution in [3.8, 4) is 22.8 Å². The summed E-state index contributed by atoms with van der Waals surface area (Å²) in [6.07, 6.45) is 0. The van der Waals surface area contributed by atoms with Crippen molar-refractivity contribution in [2.24, 2.45) is 0 Å². The Hall–Kier alpha value is -4.20. The van der Waals surface area contributed by atoms with Gasteiger partial charge in [-0.05, 0) is 21.6 Å². The summed E-state index contributed by atoms with van der Waals surface area (Å²) < 4.78 is 0. The Balaban J connectivity index is 1.24. The van der Waals surface area contributed by atoms with Gasteiger partial charge in [0.1, 0.15) is 0 Å². The van der Waals surface area contributed by atoms with Gasteiger partial charge in [-0.25, -0.2) is 0 Å². The summed E-state index contributed by atoms with van der Waals surface area (Å²) in [5, 5.41) is 25.5. The summed E-state index contributed by atoms with van der Waals surface area (Å²) in [6, 6.07) is 27.9. The molecule has 2 aromatic heterocycles. The number of aromatic nitrogens is 8. The van der Waals surface area contributed by atoms with Crippen molar-refractivity contribution in [1.82, 2.24) is 40.4 Å². The van der Waals surface area contributed by atoms with Crippen LogP contribution < -0.4 is 0 Å². The number of hydrogen-bond acceptors (Lipinski definition) is 6. The maximum Gasteiger partial charge on any atom is 0.204 e. The predicted octanol–water partition coefficient (Wildman–Crippen LogP) is 3.09. The number of tetrazole rings is 2. The van der Waals surface area contributed by atoms with Crippen molar-refractivity contribution in [3.63, 3.8) is 0 Å². The Kier molecular flexibility index (Phi) is 4.79. The van der Waals surface area contributed by atoms with Gasteiger partial charge in [0.25, 0.3) is 0 Å². The first-order chi connectivity index (χ1) is 14.8. The fraction of sp³-hybridized carbons (Fsp3) is 0.0909. The van der Waals surface area contributed by atoms with E-state index in [0.29, 0.717) is 24.7 Å². The van der Waals surface area contributed by atoms with Crippen LogP contribution in [-0.2, 0) is 13.1 Å². The van der Waals surface area contributed by atoms with Gasteiger partial charge in [0.15, 0.2) is 0 Å². The first kappa shape index (κ1) is 17.9. The van der Waals surface area contributed by atoms with E-state index in [2.05, 4.69) is 55.1 Å². The standard InChI is InChI=1S/C22H18N8/c1-3-7-19(8-4-1)21-23-27-29(25-21)15-17-11-13-18(14-12-17)16-30-26-22(24-28-30)20-9-5-2-6-10-20/h1-14H,15-16H2. The molecule has 146 valence electrons. The van der Waals surface area contributed by atoms with Gasteiger partial charge >= 0.3 is 0 Å². The molecule has 0 amide bonds. The first-order valence-electron chi connectivity index (χ1n) is 9.58. The predicted molar refractivity (Wildman–Crippen MR) is 111 cm³/mol. The zero-order chi connectivity index (χ0) is 20.2. The lowest BCUT2D eigenvalue weighted by atomic mass is 10.1. The molecule has 2 heterocycles. The highest BCUT2D eigenvalue weighted by molar-refractivity contribution is 5.53. The zero-order valence-corrected chi connectivity index (χ0v) is 16.1. The summed E-state index contributed by atoms with van der Waals surface area (Å²) in [6.45, 7) is 1.11. The Morgan fingerprint density at radius 3 is 1.30 bits per heavy atom. The van der Waals surface area contributed by atoms with Crippen LogP contribution in [0.3, 0.4) is 0 Å². The van der Waals surface area contributed by atoms with Crippen LogP contribution in [-0.4, -0.2) is 40.4 Å². The minimum Gasteiger partial charge on any atom is -0.159 e. The highest BCUT2D eigenvalue weighted by atomic mass is 15.6. The second kappa shape index (κ2) is 8.04. The van der Waals surface area contributed by atoms with E-state index in [-0.39, 0.29) is 0 Å². The summed E-state index contributed by atoms with van der Waals surface area (Å²) in [5.41, 5.74) is 4.09. The minimum absolute atomic E-state index is 0.555.